The van der Waals surface area contributed by atoms with Gasteiger partial charge < -0.3 is 9.80 Å². The number of anilines is 1. The number of halogens is 2. The van der Waals surface area contributed by atoms with E-state index < -0.39 is 27.2 Å². The van der Waals surface area contributed by atoms with Crippen molar-refractivity contribution >= 4 is 32.6 Å². The van der Waals surface area contributed by atoms with E-state index in [4.69, 9.17) is 0 Å². The molecule has 0 spiro atoms. The molecule has 0 aliphatic carbocycles. The average molecular weight is 608 g/mol. The number of benzene rings is 2. The fraction of sp³-hybridized carbons (Fsp3) is 0.290. The van der Waals surface area contributed by atoms with Crippen LogP contribution in [0.5, 0.6) is 0 Å². The minimum atomic E-state index is -3.86. The predicted molar refractivity (Wildman–Crippen MR) is 161 cm³/mol. The summed E-state index contributed by atoms with van der Waals surface area (Å²) in [7, 11) is -3.86. The predicted octanol–water partition coefficient (Wildman–Crippen LogP) is 4.48. The van der Waals surface area contributed by atoms with Crippen LogP contribution >= 0.6 is 0 Å². The van der Waals surface area contributed by atoms with Crippen LogP contribution in [0.3, 0.4) is 0 Å². The second-order valence-electron chi connectivity index (χ2n) is 10.9. The molecule has 12 heteroatoms. The molecule has 4 aromatic rings. The van der Waals surface area contributed by atoms with Crippen molar-refractivity contribution in [2.45, 2.75) is 37.6 Å². The van der Waals surface area contributed by atoms with Gasteiger partial charge in [-0.25, -0.2) is 31.5 Å². The van der Waals surface area contributed by atoms with Gasteiger partial charge >= 0.3 is 5.69 Å². The maximum Gasteiger partial charge on any atom is 0.355 e. The highest BCUT2D eigenvalue weighted by Gasteiger charge is 2.31. The Morgan fingerprint density at radius 3 is 2.42 bits per heavy atom. The van der Waals surface area contributed by atoms with Crippen molar-refractivity contribution in [3.8, 4) is 16.9 Å². The Balaban J connectivity index is 1.88. The van der Waals surface area contributed by atoms with Gasteiger partial charge in [0.15, 0.2) is 15.5 Å². The number of hydrogen-bond donors (Lipinski definition) is 0. The number of fused-ring (bicyclic) bond motifs is 1. The summed E-state index contributed by atoms with van der Waals surface area (Å²) in [4.78, 5) is 38.4. The molecule has 0 unspecified atom stereocenters. The van der Waals surface area contributed by atoms with Crippen LogP contribution in [-0.2, 0) is 14.6 Å². The van der Waals surface area contributed by atoms with E-state index in [1.165, 1.54) is 36.4 Å². The Kier molecular flexibility index (Phi) is 7.91. The Hall–Kier alpha value is -4.45. The third-order valence-corrected chi connectivity index (χ3v) is 8.72. The van der Waals surface area contributed by atoms with E-state index in [0.717, 1.165) is 16.9 Å². The summed E-state index contributed by atoms with van der Waals surface area (Å²) < 4.78 is 57.8. The number of para-hydroxylation sites is 1. The van der Waals surface area contributed by atoms with Crippen molar-refractivity contribution in [1.29, 1.82) is 0 Å². The molecule has 1 fully saturated rings. The molecule has 2 aromatic carbocycles. The summed E-state index contributed by atoms with van der Waals surface area (Å²) >= 11 is 0. The monoisotopic (exact) mass is 607 g/mol. The molecule has 1 amide bonds. The van der Waals surface area contributed by atoms with E-state index in [-0.39, 0.29) is 63.1 Å². The van der Waals surface area contributed by atoms with Crippen LogP contribution in [0.4, 0.5) is 14.6 Å². The summed E-state index contributed by atoms with van der Waals surface area (Å²) in [6.07, 6.45) is 2.26. The topological polar surface area (TPSA) is 105 Å². The molecule has 43 heavy (non-hydrogen) atoms. The van der Waals surface area contributed by atoms with Crippen LogP contribution in [0.1, 0.15) is 32.3 Å². The summed E-state index contributed by atoms with van der Waals surface area (Å²) in [5, 5.41) is 0.130. The van der Waals surface area contributed by atoms with Crippen LogP contribution in [0.2, 0.25) is 0 Å². The number of carbonyl (C=O) groups excluding carboxylic acids is 1. The fourth-order valence-electron chi connectivity index (χ4n) is 5.51. The van der Waals surface area contributed by atoms with Gasteiger partial charge in [0, 0.05) is 37.5 Å². The van der Waals surface area contributed by atoms with Gasteiger partial charge in [0.2, 0.25) is 5.91 Å². The van der Waals surface area contributed by atoms with E-state index in [0.29, 0.717) is 18.7 Å². The molecule has 0 N–H and O–H groups in total. The van der Waals surface area contributed by atoms with E-state index >= 15 is 4.39 Å². The summed E-state index contributed by atoms with van der Waals surface area (Å²) in [5.41, 5.74) is -0.787. The van der Waals surface area contributed by atoms with E-state index in [9.17, 15) is 22.4 Å². The number of carbonyl (C=O) groups is 1. The molecule has 1 aliphatic rings. The number of nitrogens with zero attached hydrogens (tertiary/aromatic N) is 5. The van der Waals surface area contributed by atoms with E-state index in [1.807, 2.05) is 20.8 Å². The fourth-order valence-corrected chi connectivity index (χ4v) is 6.40. The van der Waals surface area contributed by atoms with Crippen LogP contribution in [0.25, 0.3) is 28.0 Å². The number of sulfone groups is 1. The SMILES string of the molecule is C=CC(=O)N1CCN(c2nc(=O)n(-c3c(C(C)C)cccc3S(C)(=O)=O)c3nc(-c4ccccc4F)c(F)cc23)[C@@H](C)C1. The summed E-state index contributed by atoms with van der Waals surface area (Å²) in [6, 6.07) is 11.1. The molecule has 1 aliphatic heterocycles. The molecular formula is C31H31F2N5O4S. The van der Waals surface area contributed by atoms with Gasteiger partial charge in [0.05, 0.1) is 16.0 Å². The van der Waals surface area contributed by atoms with Crippen LogP contribution < -0.4 is 10.6 Å². The minimum Gasteiger partial charge on any atom is -0.350 e. The zero-order chi connectivity index (χ0) is 31.2. The second kappa shape index (κ2) is 11.3. The number of amides is 1. The number of hydrogen-bond acceptors (Lipinski definition) is 7. The van der Waals surface area contributed by atoms with Crippen molar-refractivity contribution < 1.29 is 22.0 Å². The zero-order valence-corrected chi connectivity index (χ0v) is 25.0. The van der Waals surface area contributed by atoms with Crippen LogP contribution in [0.15, 0.2) is 70.9 Å². The molecule has 9 nitrogen and oxygen atoms in total. The van der Waals surface area contributed by atoms with Gasteiger partial charge in [0.25, 0.3) is 0 Å². The van der Waals surface area contributed by atoms with Gasteiger partial charge in [-0.1, -0.05) is 44.7 Å². The number of rotatable bonds is 6. The van der Waals surface area contributed by atoms with E-state index in [1.54, 1.807) is 21.9 Å². The maximum atomic E-state index is 15.8. The molecule has 2 aromatic heterocycles. The first-order valence-corrected chi connectivity index (χ1v) is 15.6. The molecular weight excluding hydrogens is 576 g/mol. The van der Waals surface area contributed by atoms with Crippen molar-refractivity contribution in [1.82, 2.24) is 19.4 Å². The first-order valence-electron chi connectivity index (χ1n) is 13.7. The van der Waals surface area contributed by atoms with E-state index in [2.05, 4.69) is 16.5 Å². The third-order valence-electron chi connectivity index (χ3n) is 7.59. The van der Waals surface area contributed by atoms with Gasteiger partial charge in [-0.15, -0.1) is 0 Å². The second-order valence-corrected chi connectivity index (χ2v) is 12.9. The lowest BCUT2D eigenvalue weighted by Gasteiger charge is -2.40. The van der Waals surface area contributed by atoms with Gasteiger partial charge in [-0.3, -0.25) is 4.79 Å². The third kappa shape index (κ3) is 5.42. The van der Waals surface area contributed by atoms with Crippen molar-refractivity contribution in [3.63, 3.8) is 0 Å². The molecule has 5 rings (SSSR count). The standard InChI is InChI=1S/C31H31F2N5O4S/c1-6-26(39)36-14-15-37(19(4)17-36)29-22-16-24(33)27(21-10-7-8-12-23(21)32)34-30(22)38(31(40)35-29)28-20(18(2)3)11-9-13-25(28)43(5,41)42/h6-13,16,18-19H,1,14-15,17H2,2-5H3/t19-/m0/s1. The Morgan fingerprint density at radius 2 is 1.79 bits per heavy atom. The lowest BCUT2D eigenvalue weighted by molar-refractivity contribution is -0.126. The smallest absolute Gasteiger partial charge is 0.350 e. The van der Waals surface area contributed by atoms with Crippen LogP contribution in [0, 0.1) is 11.6 Å². The van der Waals surface area contributed by atoms with Gasteiger partial charge in [-0.2, -0.15) is 4.98 Å². The highest BCUT2D eigenvalue weighted by Crippen LogP contribution is 2.35. The summed E-state index contributed by atoms with van der Waals surface area (Å²) in [5.74, 6) is -1.89. The molecule has 0 bridgehead atoms. The minimum absolute atomic E-state index is 0.0575. The first-order chi connectivity index (χ1) is 20.3. The number of aromatic nitrogens is 3. The van der Waals surface area contributed by atoms with Crippen molar-refractivity contribution in [2.24, 2.45) is 0 Å². The van der Waals surface area contributed by atoms with Crippen molar-refractivity contribution in [2.75, 3.05) is 30.8 Å². The molecule has 1 atom stereocenters. The maximum absolute atomic E-state index is 15.8. The molecule has 224 valence electrons. The molecule has 0 saturated carbocycles. The molecule has 1 saturated heterocycles. The summed E-state index contributed by atoms with van der Waals surface area (Å²) in [6.45, 7) is 9.97. The zero-order valence-electron chi connectivity index (χ0n) is 24.2. The molecule has 3 heterocycles. The normalized spacial score (nSPS) is 15.7. The van der Waals surface area contributed by atoms with Crippen molar-refractivity contribution in [3.05, 3.63) is 88.9 Å². The first kappa shape index (κ1) is 30.0. The highest BCUT2D eigenvalue weighted by molar-refractivity contribution is 7.90. The number of piperazine rings is 1. The Morgan fingerprint density at radius 1 is 1.07 bits per heavy atom. The average Bonchev–Trinajstić information content (AvgIpc) is 2.96. The largest absolute Gasteiger partial charge is 0.355 e. The quantitative estimate of drug-likeness (QED) is 0.298. The molecule has 0 radical (unpaired) electrons. The van der Waals surface area contributed by atoms with Gasteiger partial charge in [0.1, 0.15) is 23.1 Å². The number of pyridine rings is 1. The Bertz CT molecular complexity index is 1940. The lowest BCUT2D eigenvalue weighted by atomic mass is 10.0. The van der Waals surface area contributed by atoms with Gasteiger partial charge in [-0.05, 0) is 48.7 Å². The lowest BCUT2D eigenvalue weighted by Crippen LogP contribution is -2.54. The Labute approximate surface area is 248 Å². The highest BCUT2D eigenvalue weighted by atomic mass is 32.2. The van der Waals surface area contributed by atoms with Crippen LogP contribution in [-0.4, -0.2) is 65.7 Å².